The molecule has 1 fully saturated rings. The molecule has 2 heterocycles. The number of carbonyl (C=O) groups excluding carboxylic acids is 1. The highest BCUT2D eigenvalue weighted by molar-refractivity contribution is 6.01. The Bertz CT molecular complexity index is 845. The second-order valence-corrected chi connectivity index (χ2v) is 5.72. The Balaban J connectivity index is 1.62. The first kappa shape index (κ1) is 16.5. The van der Waals surface area contributed by atoms with Crippen LogP contribution in [-0.2, 0) is 4.74 Å². The molecule has 8 heteroatoms. The van der Waals surface area contributed by atoms with Crippen molar-refractivity contribution in [3.05, 3.63) is 41.5 Å². The molecule has 1 N–H and O–H groups in total. The second kappa shape index (κ2) is 6.40. The normalized spacial score (nSPS) is 19.8. The summed E-state index contributed by atoms with van der Waals surface area (Å²) >= 11 is 0. The molecule has 0 radical (unpaired) electrons. The molecule has 0 amide bonds. The van der Waals surface area contributed by atoms with Gasteiger partial charge in [0, 0.05) is 11.1 Å². The van der Waals surface area contributed by atoms with E-state index >= 15 is 0 Å². The van der Waals surface area contributed by atoms with E-state index in [0.29, 0.717) is 34.1 Å². The number of methoxy groups -OCH3 is 2. The smallest absolute Gasteiger partial charge is 0.231 e. The molecular formula is C18H16O8. The molecule has 136 valence electrons. The summed E-state index contributed by atoms with van der Waals surface area (Å²) in [5, 5.41) is 8.61. The molecule has 0 bridgehead atoms. The molecule has 2 atom stereocenters. The minimum Gasteiger partial charge on any atom is -0.493 e. The zero-order chi connectivity index (χ0) is 18.3. The summed E-state index contributed by atoms with van der Waals surface area (Å²) in [6.45, 7) is 0.0681. The fourth-order valence-electron chi connectivity index (χ4n) is 3.00. The molecule has 0 aromatic heterocycles. The van der Waals surface area contributed by atoms with E-state index in [9.17, 15) is 4.79 Å². The third-order valence-corrected chi connectivity index (χ3v) is 4.32. The molecule has 0 spiro atoms. The molecule has 4 rings (SSSR count). The van der Waals surface area contributed by atoms with Crippen LogP contribution in [0.3, 0.4) is 0 Å². The number of Topliss-reactive ketones (excluding diaryl/α,β-unsaturated/α-hetero) is 1. The zero-order valence-electron chi connectivity index (χ0n) is 14.1. The Labute approximate surface area is 148 Å². The summed E-state index contributed by atoms with van der Waals surface area (Å²) < 4.78 is 27.3. The standard InChI is InChI=1S/C18H16O8/c1-21-12-7-11(14(22-2)18-16(12)23-8-24-18)15-17(25-15)13(19)9-3-5-10(26-20)6-4-9/h3-7,15,17,20H,8H2,1-2H3/t15-,17-/m0/s1. The topological polar surface area (TPSA) is 96.0 Å². The van der Waals surface area contributed by atoms with Gasteiger partial charge in [-0.25, -0.2) is 5.26 Å². The van der Waals surface area contributed by atoms with Crippen molar-refractivity contribution in [3.63, 3.8) is 0 Å². The van der Waals surface area contributed by atoms with Crippen LogP contribution < -0.4 is 23.8 Å². The van der Waals surface area contributed by atoms with E-state index < -0.39 is 12.2 Å². The van der Waals surface area contributed by atoms with Gasteiger partial charge in [-0.2, -0.15) is 0 Å². The van der Waals surface area contributed by atoms with Gasteiger partial charge in [0.1, 0.15) is 6.10 Å². The van der Waals surface area contributed by atoms with Crippen LogP contribution in [0.25, 0.3) is 0 Å². The number of benzene rings is 2. The lowest BCUT2D eigenvalue weighted by atomic mass is 10.0. The number of fused-ring (bicyclic) bond motifs is 1. The summed E-state index contributed by atoms with van der Waals surface area (Å²) in [7, 11) is 3.04. The minimum atomic E-state index is -0.644. The molecule has 2 aromatic carbocycles. The average molecular weight is 360 g/mol. The summed E-state index contributed by atoms with van der Waals surface area (Å²) in [4.78, 5) is 16.7. The van der Waals surface area contributed by atoms with Crippen molar-refractivity contribution in [3.8, 4) is 28.7 Å². The van der Waals surface area contributed by atoms with Crippen LogP contribution in [-0.4, -0.2) is 38.2 Å². The summed E-state index contributed by atoms with van der Waals surface area (Å²) in [6, 6.07) is 7.84. The van der Waals surface area contributed by atoms with Crippen molar-refractivity contribution in [2.45, 2.75) is 12.2 Å². The van der Waals surface area contributed by atoms with Crippen molar-refractivity contribution in [2.75, 3.05) is 21.0 Å². The molecule has 2 aliphatic rings. The highest BCUT2D eigenvalue weighted by atomic mass is 17.1. The van der Waals surface area contributed by atoms with Crippen LogP contribution in [0.1, 0.15) is 22.0 Å². The lowest BCUT2D eigenvalue weighted by Crippen LogP contribution is -2.08. The van der Waals surface area contributed by atoms with Gasteiger partial charge < -0.3 is 28.6 Å². The van der Waals surface area contributed by atoms with Crippen molar-refractivity contribution < 1.29 is 38.6 Å². The molecule has 1 saturated heterocycles. The number of hydrogen-bond acceptors (Lipinski definition) is 8. The zero-order valence-corrected chi connectivity index (χ0v) is 14.1. The highest BCUT2D eigenvalue weighted by Crippen LogP contribution is 2.55. The third-order valence-electron chi connectivity index (χ3n) is 4.32. The Morgan fingerprint density at radius 1 is 1.12 bits per heavy atom. The van der Waals surface area contributed by atoms with E-state index in [4.69, 9.17) is 28.9 Å². The maximum atomic E-state index is 12.6. The Morgan fingerprint density at radius 3 is 2.50 bits per heavy atom. The Morgan fingerprint density at radius 2 is 1.85 bits per heavy atom. The van der Waals surface area contributed by atoms with Crippen LogP contribution in [0.15, 0.2) is 30.3 Å². The van der Waals surface area contributed by atoms with E-state index in [2.05, 4.69) is 4.89 Å². The summed E-state index contributed by atoms with van der Waals surface area (Å²) in [5.74, 6) is 1.92. The predicted molar refractivity (Wildman–Crippen MR) is 87.3 cm³/mol. The second-order valence-electron chi connectivity index (χ2n) is 5.72. The lowest BCUT2D eigenvalue weighted by Gasteiger charge is -2.12. The van der Waals surface area contributed by atoms with Crippen molar-refractivity contribution in [1.29, 1.82) is 0 Å². The number of hydrogen-bond donors (Lipinski definition) is 1. The summed E-state index contributed by atoms with van der Waals surface area (Å²) in [5.41, 5.74) is 1.10. The van der Waals surface area contributed by atoms with E-state index in [0.717, 1.165) is 0 Å². The number of ketones is 1. The SMILES string of the molecule is COc1cc([C@@H]2O[C@H]2C(=O)c2ccc(OO)cc2)c(OC)c2c1OCO2. The van der Waals surface area contributed by atoms with Gasteiger partial charge in [-0.3, -0.25) is 4.79 Å². The number of epoxide rings is 1. The van der Waals surface area contributed by atoms with Crippen LogP contribution in [0.2, 0.25) is 0 Å². The first-order valence-electron chi connectivity index (χ1n) is 7.83. The molecule has 2 aromatic rings. The van der Waals surface area contributed by atoms with E-state index in [1.165, 1.54) is 26.4 Å². The van der Waals surface area contributed by atoms with Crippen LogP contribution >= 0.6 is 0 Å². The van der Waals surface area contributed by atoms with Crippen molar-refractivity contribution in [1.82, 2.24) is 0 Å². The fraction of sp³-hybridized carbons (Fsp3) is 0.278. The third kappa shape index (κ3) is 2.59. The molecule has 0 aliphatic carbocycles. The average Bonchev–Trinajstić information content (AvgIpc) is 3.33. The maximum Gasteiger partial charge on any atom is 0.231 e. The minimum absolute atomic E-state index is 0.0681. The summed E-state index contributed by atoms with van der Waals surface area (Å²) in [6.07, 6.45) is -1.12. The Hall–Kier alpha value is -2.97. The monoisotopic (exact) mass is 360 g/mol. The molecule has 2 aliphatic heterocycles. The number of rotatable bonds is 6. The predicted octanol–water partition coefficient (Wildman–Crippen LogP) is 2.61. The van der Waals surface area contributed by atoms with Crippen LogP contribution in [0, 0.1) is 0 Å². The quantitative estimate of drug-likeness (QED) is 0.363. The van der Waals surface area contributed by atoms with Gasteiger partial charge in [-0.05, 0) is 30.3 Å². The van der Waals surface area contributed by atoms with Gasteiger partial charge in [0.25, 0.3) is 0 Å². The first-order valence-corrected chi connectivity index (χ1v) is 7.83. The van der Waals surface area contributed by atoms with Crippen molar-refractivity contribution >= 4 is 5.78 Å². The van der Waals surface area contributed by atoms with Crippen molar-refractivity contribution in [2.24, 2.45) is 0 Å². The van der Waals surface area contributed by atoms with Crippen LogP contribution in [0.4, 0.5) is 0 Å². The molecule has 26 heavy (non-hydrogen) atoms. The van der Waals surface area contributed by atoms with E-state index in [-0.39, 0.29) is 18.3 Å². The number of carbonyl (C=O) groups is 1. The van der Waals surface area contributed by atoms with Gasteiger partial charge in [-0.1, -0.05) is 0 Å². The molecule has 0 unspecified atom stereocenters. The van der Waals surface area contributed by atoms with Gasteiger partial charge in [0.05, 0.1) is 14.2 Å². The van der Waals surface area contributed by atoms with Gasteiger partial charge >= 0.3 is 0 Å². The van der Waals surface area contributed by atoms with Gasteiger partial charge in [0.2, 0.25) is 18.3 Å². The number of ether oxygens (including phenoxy) is 5. The molecule has 8 nitrogen and oxygen atoms in total. The van der Waals surface area contributed by atoms with E-state index in [1.807, 2.05) is 0 Å². The van der Waals surface area contributed by atoms with Gasteiger partial charge in [0.15, 0.2) is 29.1 Å². The molecule has 0 saturated carbocycles. The Kier molecular flexibility index (Phi) is 4.06. The largest absolute Gasteiger partial charge is 0.493 e. The first-order chi connectivity index (χ1) is 12.7. The van der Waals surface area contributed by atoms with Crippen LogP contribution in [0.5, 0.6) is 28.7 Å². The lowest BCUT2D eigenvalue weighted by molar-refractivity contribution is -0.137. The van der Waals surface area contributed by atoms with E-state index in [1.54, 1.807) is 18.2 Å². The highest BCUT2D eigenvalue weighted by Gasteiger charge is 2.49. The maximum absolute atomic E-state index is 12.6. The fourth-order valence-corrected chi connectivity index (χ4v) is 3.00. The van der Waals surface area contributed by atoms with Gasteiger partial charge in [-0.15, -0.1) is 0 Å². The molecular weight excluding hydrogens is 344 g/mol.